The van der Waals surface area contributed by atoms with E-state index >= 15 is 0 Å². The second kappa shape index (κ2) is 5.61. The van der Waals surface area contributed by atoms with Gasteiger partial charge in [0.05, 0.1) is 0 Å². The Bertz CT molecular complexity index is 396. The second-order valence-electron chi connectivity index (χ2n) is 5.85. The number of benzene rings is 1. The number of nitrogens with two attached hydrogens (primary N) is 1. The first-order valence-electron chi connectivity index (χ1n) is 6.52. The molecule has 0 aliphatic rings. The molecular formula is C15H25NO2. The summed E-state index contributed by atoms with van der Waals surface area (Å²) in [7, 11) is 0. The van der Waals surface area contributed by atoms with Gasteiger partial charge in [0.1, 0.15) is 17.1 Å². The SMILES string of the molecule is CCC(C)[C@@H](N)c1cc(OC(C)(C)C)ccc1O. The Hall–Kier alpha value is -1.22. The average molecular weight is 251 g/mol. The van der Waals surface area contributed by atoms with Gasteiger partial charge in [-0.05, 0) is 44.9 Å². The molecule has 0 saturated heterocycles. The number of phenols is 1. The molecule has 0 saturated carbocycles. The first-order valence-corrected chi connectivity index (χ1v) is 6.52. The molecular weight excluding hydrogens is 226 g/mol. The lowest BCUT2D eigenvalue weighted by Gasteiger charge is -2.24. The van der Waals surface area contributed by atoms with Crippen LogP contribution in [0.1, 0.15) is 52.6 Å². The molecule has 0 aliphatic heterocycles. The van der Waals surface area contributed by atoms with Gasteiger partial charge in [-0.1, -0.05) is 20.3 Å². The molecule has 0 heterocycles. The van der Waals surface area contributed by atoms with E-state index in [1.807, 2.05) is 26.8 Å². The maximum atomic E-state index is 9.91. The molecule has 0 aromatic heterocycles. The van der Waals surface area contributed by atoms with E-state index < -0.39 is 0 Å². The van der Waals surface area contributed by atoms with Crippen molar-refractivity contribution in [3.63, 3.8) is 0 Å². The van der Waals surface area contributed by atoms with E-state index in [-0.39, 0.29) is 17.4 Å². The average Bonchev–Trinajstić information content (AvgIpc) is 2.28. The van der Waals surface area contributed by atoms with Crippen LogP contribution in [-0.2, 0) is 0 Å². The monoisotopic (exact) mass is 251 g/mol. The third-order valence-corrected chi connectivity index (χ3v) is 3.04. The maximum absolute atomic E-state index is 9.91. The van der Waals surface area contributed by atoms with Crippen LogP contribution in [-0.4, -0.2) is 10.7 Å². The van der Waals surface area contributed by atoms with Crippen LogP contribution in [0.15, 0.2) is 18.2 Å². The molecule has 0 bridgehead atoms. The fourth-order valence-electron chi connectivity index (χ4n) is 1.78. The van der Waals surface area contributed by atoms with Crippen LogP contribution in [0.3, 0.4) is 0 Å². The molecule has 0 fully saturated rings. The van der Waals surface area contributed by atoms with Gasteiger partial charge in [-0.2, -0.15) is 0 Å². The van der Waals surface area contributed by atoms with E-state index in [0.29, 0.717) is 5.92 Å². The van der Waals surface area contributed by atoms with Gasteiger partial charge in [0.25, 0.3) is 0 Å². The van der Waals surface area contributed by atoms with Crippen LogP contribution in [0.5, 0.6) is 11.5 Å². The summed E-state index contributed by atoms with van der Waals surface area (Å²) in [5.74, 6) is 1.30. The van der Waals surface area contributed by atoms with E-state index in [2.05, 4.69) is 13.8 Å². The van der Waals surface area contributed by atoms with Crippen LogP contribution >= 0.6 is 0 Å². The Morgan fingerprint density at radius 1 is 1.33 bits per heavy atom. The van der Waals surface area contributed by atoms with Crippen molar-refractivity contribution in [3.05, 3.63) is 23.8 Å². The fourth-order valence-corrected chi connectivity index (χ4v) is 1.78. The normalized spacial score (nSPS) is 15.2. The van der Waals surface area contributed by atoms with Crippen molar-refractivity contribution in [2.75, 3.05) is 0 Å². The standard InChI is InChI=1S/C15H25NO2/c1-6-10(2)14(16)12-9-11(7-8-13(12)17)18-15(3,4)5/h7-10,14,17H,6,16H2,1-5H3/t10?,14-/m1/s1. The quantitative estimate of drug-likeness (QED) is 0.859. The van der Waals surface area contributed by atoms with Crippen LogP contribution in [0.4, 0.5) is 0 Å². The molecule has 0 amide bonds. The number of hydrogen-bond acceptors (Lipinski definition) is 3. The lowest BCUT2D eigenvalue weighted by molar-refractivity contribution is 0.130. The third-order valence-electron chi connectivity index (χ3n) is 3.04. The van der Waals surface area contributed by atoms with Crippen LogP contribution in [0, 0.1) is 5.92 Å². The van der Waals surface area contributed by atoms with Crippen molar-refractivity contribution in [2.45, 2.75) is 52.7 Å². The van der Waals surface area contributed by atoms with Gasteiger partial charge in [0.15, 0.2) is 0 Å². The minimum atomic E-state index is -0.255. The van der Waals surface area contributed by atoms with Crippen LogP contribution < -0.4 is 10.5 Å². The number of aromatic hydroxyl groups is 1. The van der Waals surface area contributed by atoms with Crippen molar-refractivity contribution < 1.29 is 9.84 Å². The van der Waals surface area contributed by atoms with Gasteiger partial charge >= 0.3 is 0 Å². The minimum absolute atomic E-state index is 0.168. The highest BCUT2D eigenvalue weighted by Gasteiger charge is 2.19. The van der Waals surface area contributed by atoms with Crippen LogP contribution in [0.2, 0.25) is 0 Å². The Kier molecular flexibility index (Phi) is 4.63. The molecule has 1 aromatic rings. The van der Waals surface area contributed by atoms with Gasteiger partial charge in [-0.3, -0.25) is 0 Å². The number of phenolic OH excluding ortho intramolecular Hbond substituents is 1. The molecule has 2 atom stereocenters. The summed E-state index contributed by atoms with van der Waals surface area (Å²) in [6, 6.07) is 5.10. The highest BCUT2D eigenvalue weighted by molar-refractivity contribution is 5.41. The molecule has 3 heteroatoms. The van der Waals surface area contributed by atoms with Gasteiger partial charge < -0.3 is 15.6 Å². The zero-order valence-corrected chi connectivity index (χ0v) is 12.0. The maximum Gasteiger partial charge on any atom is 0.120 e. The second-order valence-corrected chi connectivity index (χ2v) is 5.85. The summed E-state index contributed by atoms with van der Waals surface area (Å²) in [6.07, 6.45) is 0.977. The summed E-state index contributed by atoms with van der Waals surface area (Å²) in [5, 5.41) is 9.91. The zero-order chi connectivity index (χ0) is 13.9. The highest BCUT2D eigenvalue weighted by Crippen LogP contribution is 2.33. The molecule has 0 radical (unpaired) electrons. The summed E-state index contributed by atoms with van der Waals surface area (Å²) in [5.41, 5.74) is 6.67. The Labute approximate surface area is 110 Å². The zero-order valence-electron chi connectivity index (χ0n) is 12.0. The first-order chi connectivity index (χ1) is 8.24. The van der Waals surface area contributed by atoms with Crippen molar-refractivity contribution >= 4 is 0 Å². The van der Waals surface area contributed by atoms with E-state index in [9.17, 15) is 5.11 Å². The predicted octanol–water partition coefficient (Wildman–Crippen LogP) is 3.62. The third kappa shape index (κ3) is 3.91. The van der Waals surface area contributed by atoms with Gasteiger partial charge in [0, 0.05) is 11.6 Å². The van der Waals surface area contributed by atoms with E-state index in [1.165, 1.54) is 0 Å². The van der Waals surface area contributed by atoms with Crippen molar-refractivity contribution in [2.24, 2.45) is 11.7 Å². The molecule has 102 valence electrons. The molecule has 3 N–H and O–H groups in total. The van der Waals surface area contributed by atoms with Crippen molar-refractivity contribution in [1.29, 1.82) is 0 Å². The van der Waals surface area contributed by atoms with Gasteiger partial charge in [-0.25, -0.2) is 0 Å². The van der Waals surface area contributed by atoms with Crippen molar-refractivity contribution in [3.8, 4) is 11.5 Å². The van der Waals surface area contributed by atoms with E-state index in [0.717, 1.165) is 17.7 Å². The highest BCUT2D eigenvalue weighted by atomic mass is 16.5. The lowest BCUT2D eigenvalue weighted by Crippen LogP contribution is -2.23. The molecule has 1 rings (SSSR count). The Morgan fingerprint density at radius 3 is 2.44 bits per heavy atom. The predicted molar refractivity (Wildman–Crippen MR) is 74.9 cm³/mol. The molecule has 3 nitrogen and oxygen atoms in total. The topological polar surface area (TPSA) is 55.5 Å². The smallest absolute Gasteiger partial charge is 0.120 e. The summed E-state index contributed by atoms with van der Waals surface area (Å²) < 4.78 is 5.79. The number of rotatable bonds is 4. The molecule has 0 spiro atoms. The van der Waals surface area contributed by atoms with E-state index in [4.69, 9.17) is 10.5 Å². The number of hydrogen-bond donors (Lipinski definition) is 2. The summed E-state index contributed by atoms with van der Waals surface area (Å²) >= 11 is 0. The van der Waals surface area contributed by atoms with Gasteiger partial charge in [0.2, 0.25) is 0 Å². The summed E-state index contributed by atoms with van der Waals surface area (Å²) in [6.45, 7) is 10.2. The molecule has 1 unspecified atom stereocenters. The summed E-state index contributed by atoms with van der Waals surface area (Å²) in [4.78, 5) is 0. The molecule has 0 aliphatic carbocycles. The Balaban J connectivity index is 3.01. The lowest BCUT2D eigenvalue weighted by atomic mass is 9.92. The van der Waals surface area contributed by atoms with Crippen molar-refractivity contribution in [1.82, 2.24) is 0 Å². The fraction of sp³-hybridized carbons (Fsp3) is 0.600. The minimum Gasteiger partial charge on any atom is -0.508 e. The van der Waals surface area contributed by atoms with Gasteiger partial charge in [-0.15, -0.1) is 0 Å². The molecule has 1 aromatic carbocycles. The Morgan fingerprint density at radius 2 is 1.94 bits per heavy atom. The first kappa shape index (κ1) is 14.8. The number of ether oxygens (including phenoxy) is 1. The molecule has 18 heavy (non-hydrogen) atoms. The van der Waals surface area contributed by atoms with Crippen LogP contribution in [0.25, 0.3) is 0 Å². The largest absolute Gasteiger partial charge is 0.508 e. The van der Waals surface area contributed by atoms with E-state index in [1.54, 1.807) is 12.1 Å².